The first kappa shape index (κ1) is 16.3. The molecule has 2 heteroatoms. The van der Waals surface area contributed by atoms with Crippen LogP contribution < -0.4 is 10.1 Å². The Balaban J connectivity index is 1.68. The van der Waals surface area contributed by atoms with E-state index < -0.39 is 0 Å². The first-order chi connectivity index (χ1) is 11.8. The summed E-state index contributed by atoms with van der Waals surface area (Å²) in [5, 5.41) is 3.59. The Morgan fingerprint density at radius 3 is 2.38 bits per heavy atom. The zero-order valence-corrected chi connectivity index (χ0v) is 14.2. The third-order valence-electron chi connectivity index (χ3n) is 4.24. The molecule has 1 N–H and O–H groups in total. The van der Waals surface area contributed by atoms with Crippen molar-refractivity contribution in [1.29, 1.82) is 0 Å². The van der Waals surface area contributed by atoms with Crippen LogP contribution in [0.3, 0.4) is 0 Å². The summed E-state index contributed by atoms with van der Waals surface area (Å²) in [6.07, 6.45) is 0. The van der Waals surface area contributed by atoms with Gasteiger partial charge in [-0.05, 0) is 47.4 Å². The molecular weight excluding hydrogens is 294 g/mol. The second-order valence-corrected chi connectivity index (χ2v) is 5.95. The molecule has 0 saturated carbocycles. The Kier molecular flexibility index (Phi) is 5.29. The number of rotatable bonds is 6. The van der Waals surface area contributed by atoms with Crippen molar-refractivity contribution in [3.05, 3.63) is 90.0 Å². The van der Waals surface area contributed by atoms with Crippen LogP contribution in [0.15, 0.2) is 78.9 Å². The van der Waals surface area contributed by atoms with Gasteiger partial charge in [0.1, 0.15) is 5.75 Å². The SMILES string of the molecule is COc1cccc([C@@H](C)NCc2cccc(-c3ccccc3)c2)c1. The van der Waals surface area contributed by atoms with Crippen LogP contribution in [-0.4, -0.2) is 7.11 Å². The molecule has 0 heterocycles. The van der Waals surface area contributed by atoms with Gasteiger partial charge in [0.25, 0.3) is 0 Å². The van der Waals surface area contributed by atoms with Crippen molar-refractivity contribution in [2.75, 3.05) is 7.11 Å². The van der Waals surface area contributed by atoms with Crippen LogP contribution in [0.1, 0.15) is 24.1 Å². The van der Waals surface area contributed by atoms with E-state index in [-0.39, 0.29) is 6.04 Å². The molecule has 0 saturated heterocycles. The highest BCUT2D eigenvalue weighted by Gasteiger charge is 2.06. The molecule has 2 nitrogen and oxygen atoms in total. The highest BCUT2D eigenvalue weighted by atomic mass is 16.5. The second kappa shape index (κ2) is 7.80. The second-order valence-electron chi connectivity index (χ2n) is 5.95. The lowest BCUT2D eigenvalue weighted by molar-refractivity contribution is 0.413. The number of methoxy groups -OCH3 is 1. The summed E-state index contributed by atoms with van der Waals surface area (Å²) in [4.78, 5) is 0. The van der Waals surface area contributed by atoms with Crippen LogP contribution in [0.5, 0.6) is 5.75 Å². The molecule has 122 valence electrons. The molecule has 0 spiro atoms. The van der Waals surface area contributed by atoms with Crippen LogP contribution in [0.2, 0.25) is 0 Å². The average molecular weight is 317 g/mol. The average Bonchev–Trinajstić information content (AvgIpc) is 2.67. The van der Waals surface area contributed by atoms with E-state index in [1.165, 1.54) is 22.3 Å². The number of nitrogens with one attached hydrogen (secondary N) is 1. The van der Waals surface area contributed by atoms with Gasteiger partial charge in [-0.15, -0.1) is 0 Å². The van der Waals surface area contributed by atoms with Crippen molar-refractivity contribution in [2.45, 2.75) is 19.5 Å². The maximum absolute atomic E-state index is 5.30. The third kappa shape index (κ3) is 4.03. The van der Waals surface area contributed by atoms with E-state index in [1.807, 2.05) is 18.2 Å². The van der Waals surface area contributed by atoms with E-state index in [9.17, 15) is 0 Å². The van der Waals surface area contributed by atoms with Gasteiger partial charge in [0.15, 0.2) is 0 Å². The largest absolute Gasteiger partial charge is 0.497 e. The van der Waals surface area contributed by atoms with Crippen LogP contribution in [-0.2, 0) is 6.54 Å². The van der Waals surface area contributed by atoms with Crippen molar-refractivity contribution >= 4 is 0 Å². The summed E-state index contributed by atoms with van der Waals surface area (Å²) >= 11 is 0. The minimum Gasteiger partial charge on any atom is -0.497 e. The maximum atomic E-state index is 5.30. The van der Waals surface area contributed by atoms with Gasteiger partial charge in [-0.3, -0.25) is 0 Å². The predicted molar refractivity (Wildman–Crippen MR) is 100 cm³/mol. The number of hydrogen-bond donors (Lipinski definition) is 1. The van der Waals surface area contributed by atoms with Crippen molar-refractivity contribution < 1.29 is 4.74 Å². The first-order valence-corrected chi connectivity index (χ1v) is 8.28. The fourth-order valence-electron chi connectivity index (χ4n) is 2.79. The maximum Gasteiger partial charge on any atom is 0.119 e. The summed E-state index contributed by atoms with van der Waals surface area (Å²) in [6, 6.07) is 27.6. The predicted octanol–water partition coefficient (Wildman–Crippen LogP) is 5.21. The van der Waals surface area contributed by atoms with E-state index in [0.29, 0.717) is 0 Å². The third-order valence-corrected chi connectivity index (χ3v) is 4.24. The molecule has 0 amide bonds. The highest BCUT2D eigenvalue weighted by molar-refractivity contribution is 5.63. The fourth-order valence-corrected chi connectivity index (χ4v) is 2.79. The van der Waals surface area contributed by atoms with E-state index in [4.69, 9.17) is 4.74 Å². The first-order valence-electron chi connectivity index (χ1n) is 8.28. The van der Waals surface area contributed by atoms with Crippen LogP contribution in [0, 0.1) is 0 Å². The van der Waals surface area contributed by atoms with Crippen molar-refractivity contribution in [3.8, 4) is 16.9 Å². The van der Waals surface area contributed by atoms with Crippen LogP contribution in [0.4, 0.5) is 0 Å². The molecule has 0 fully saturated rings. The number of ether oxygens (including phenoxy) is 1. The van der Waals surface area contributed by atoms with Crippen LogP contribution >= 0.6 is 0 Å². The smallest absolute Gasteiger partial charge is 0.119 e. The molecule has 0 bridgehead atoms. The monoisotopic (exact) mass is 317 g/mol. The summed E-state index contributed by atoms with van der Waals surface area (Å²) < 4.78 is 5.30. The normalized spacial score (nSPS) is 11.9. The Hall–Kier alpha value is -2.58. The zero-order valence-electron chi connectivity index (χ0n) is 14.2. The van der Waals surface area contributed by atoms with Gasteiger partial charge < -0.3 is 10.1 Å². The quantitative estimate of drug-likeness (QED) is 0.673. The Bertz CT molecular complexity index is 783. The van der Waals surface area contributed by atoms with Gasteiger partial charge in [-0.25, -0.2) is 0 Å². The van der Waals surface area contributed by atoms with Gasteiger partial charge in [-0.2, -0.15) is 0 Å². The fraction of sp³-hybridized carbons (Fsp3) is 0.182. The Labute approximate surface area is 144 Å². The number of benzene rings is 3. The summed E-state index contributed by atoms with van der Waals surface area (Å²) in [5.41, 5.74) is 5.02. The highest BCUT2D eigenvalue weighted by Crippen LogP contribution is 2.22. The van der Waals surface area contributed by atoms with Crippen molar-refractivity contribution in [3.63, 3.8) is 0 Å². The number of hydrogen-bond acceptors (Lipinski definition) is 2. The molecule has 3 rings (SSSR count). The van der Waals surface area contributed by atoms with E-state index in [2.05, 4.69) is 72.9 Å². The van der Waals surface area contributed by atoms with E-state index in [0.717, 1.165) is 12.3 Å². The molecule has 1 atom stereocenters. The molecule has 0 aliphatic rings. The van der Waals surface area contributed by atoms with Crippen molar-refractivity contribution in [1.82, 2.24) is 5.32 Å². The van der Waals surface area contributed by atoms with Gasteiger partial charge in [0, 0.05) is 12.6 Å². The van der Waals surface area contributed by atoms with Gasteiger partial charge in [-0.1, -0.05) is 60.7 Å². The standard InChI is InChI=1S/C22H23NO/c1-17(20-11-7-13-22(15-20)24-2)23-16-18-8-6-12-21(14-18)19-9-4-3-5-10-19/h3-15,17,23H,16H2,1-2H3/t17-/m1/s1. The topological polar surface area (TPSA) is 21.3 Å². The minimum absolute atomic E-state index is 0.264. The Morgan fingerprint density at radius 1 is 0.833 bits per heavy atom. The van der Waals surface area contributed by atoms with Gasteiger partial charge in [0.05, 0.1) is 7.11 Å². The van der Waals surface area contributed by atoms with Gasteiger partial charge >= 0.3 is 0 Å². The van der Waals surface area contributed by atoms with Gasteiger partial charge in [0.2, 0.25) is 0 Å². The van der Waals surface area contributed by atoms with Crippen LogP contribution in [0.25, 0.3) is 11.1 Å². The molecule has 0 aliphatic heterocycles. The summed E-state index contributed by atoms with van der Waals surface area (Å²) in [7, 11) is 1.70. The summed E-state index contributed by atoms with van der Waals surface area (Å²) in [6.45, 7) is 3.01. The summed E-state index contributed by atoms with van der Waals surface area (Å²) in [5.74, 6) is 0.896. The zero-order chi connectivity index (χ0) is 16.8. The molecule has 0 radical (unpaired) electrons. The Morgan fingerprint density at radius 2 is 1.58 bits per heavy atom. The van der Waals surface area contributed by atoms with Crippen molar-refractivity contribution in [2.24, 2.45) is 0 Å². The molecule has 24 heavy (non-hydrogen) atoms. The minimum atomic E-state index is 0.264. The molecule has 0 aliphatic carbocycles. The lowest BCUT2D eigenvalue weighted by atomic mass is 10.0. The molecule has 0 aromatic heterocycles. The molecule has 0 unspecified atom stereocenters. The lowest BCUT2D eigenvalue weighted by Gasteiger charge is -2.15. The lowest BCUT2D eigenvalue weighted by Crippen LogP contribution is -2.18. The van der Waals surface area contributed by atoms with E-state index in [1.54, 1.807) is 7.11 Å². The molecule has 3 aromatic carbocycles. The molecule has 3 aromatic rings. The molecular formula is C22H23NO. The van der Waals surface area contributed by atoms with E-state index >= 15 is 0 Å².